The van der Waals surface area contributed by atoms with Gasteiger partial charge in [-0.25, -0.2) is 0 Å². The van der Waals surface area contributed by atoms with Gasteiger partial charge in [-0.2, -0.15) is 11.8 Å². The lowest BCUT2D eigenvalue weighted by atomic mass is 9.94. The normalized spacial score (nSPS) is 26.9. The van der Waals surface area contributed by atoms with Crippen LogP contribution >= 0.6 is 24.2 Å². The third kappa shape index (κ3) is 5.81. The molecule has 18 heavy (non-hydrogen) atoms. The molecule has 1 aliphatic carbocycles. The predicted molar refractivity (Wildman–Crippen MR) is 82.4 cm³/mol. The Morgan fingerprint density at radius 3 is 2.67 bits per heavy atom. The lowest BCUT2D eigenvalue weighted by molar-refractivity contribution is -0.125. The standard InChI is InChI=1S/C13H26N2OS.ClH/c1-4-17-12-7-5-6-11(8-12)15-13(16)9(2)10(3)14;/h9-12H,4-8,14H2,1-3H3,(H,15,16);1H. The van der Waals surface area contributed by atoms with Crippen LogP contribution in [0.1, 0.15) is 46.5 Å². The van der Waals surface area contributed by atoms with Gasteiger partial charge in [-0.05, 0) is 31.9 Å². The van der Waals surface area contributed by atoms with Crippen LogP contribution in [0, 0.1) is 5.92 Å². The average Bonchev–Trinajstić information content (AvgIpc) is 2.28. The van der Waals surface area contributed by atoms with E-state index in [1.807, 2.05) is 25.6 Å². The van der Waals surface area contributed by atoms with Crippen molar-refractivity contribution in [3.05, 3.63) is 0 Å². The summed E-state index contributed by atoms with van der Waals surface area (Å²) in [5.41, 5.74) is 5.75. The Hall–Kier alpha value is 0.0700. The van der Waals surface area contributed by atoms with Crippen molar-refractivity contribution >= 4 is 30.1 Å². The summed E-state index contributed by atoms with van der Waals surface area (Å²) in [4.78, 5) is 11.9. The van der Waals surface area contributed by atoms with Gasteiger partial charge in [0.05, 0.1) is 0 Å². The van der Waals surface area contributed by atoms with Crippen LogP contribution in [0.5, 0.6) is 0 Å². The van der Waals surface area contributed by atoms with Gasteiger partial charge < -0.3 is 11.1 Å². The van der Waals surface area contributed by atoms with Gasteiger partial charge in [0.2, 0.25) is 5.91 Å². The molecule has 0 aromatic rings. The van der Waals surface area contributed by atoms with Crippen LogP contribution in [0.25, 0.3) is 0 Å². The molecule has 4 unspecified atom stereocenters. The first-order chi connectivity index (χ1) is 8.04. The zero-order chi connectivity index (χ0) is 12.8. The van der Waals surface area contributed by atoms with E-state index in [0.29, 0.717) is 6.04 Å². The molecule has 1 rings (SSSR count). The van der Waals surface area contributed by atoms with Crippen molar-refractivity contribution in [2.75, 3.05) is 5.75 Å². The van der Waals surface area contributed by atoms with Gasteiger partial charge in [-0.1, -0.05) is 20.3 Å². The van der Waals surface area contributed by atoms with Crippen LogP contribution in [-0.4, -0.2) is 29.0 Å². The van der Waals surface area contributed by atoms with E-state index >= 15 is 0 Å². The molecule has 3 nitrogen and oxygen atoms in total. The third-order valence-corrected chi connectivity index (χ3v) is 4.81. The highest BCUT2D eigenvalue weighted by atomic mass is 35.5. The molecule has 0 spiro atoms. The highest BCUT2D eigenvalue weighted by molar-refractivity contribution is 7.99. The van der Waals surface area contributed by atoms with Gasteiger partial charge in [0.1, 0.15) is 0 Å². The fourth-order valence-corrected chi connectivity index (χ4v) is 3.41. The van der Waals surface area contributed by atoms with Crippen LogP contribution in [0.15, 0.2) is 0 Å². The highest BCUT2D eigenvalue weighted by Gasteiger charge is 2.25. The molecule has 3 N–H and O–H groups in total. The van der Waals surface area contributed by atoms with Gasteiger partial charge in [-0.3, -0.25) is 4.79 Å². The Morgan fingerprint density at radius 1 is 1.44 bits per heavy atom. The molecule has 5 heteroatoms. The van der Waals surface area contributed by atoms with E-state index in [1.54, 1.807) is 0 Å². The van der Waals surface area contributed by atoms with Crippen molar-refractivity contribution in [2.24, 2.45) is 11.7 Å². The Labute approximate surface area is 121 Å². The summed E-state index contributed by atoms with van der Waals surface area (Å²) in [5.74, 6) is 1.20. The molecule has 0 aliphatic heterocycles. The van der Waals surface area contributed by atoms with Crippen LogP contribution in [0.2, 0.25) is 0 Å². The zero-order valence-corrected chi connectivity index (χ0v) is 13.3. The number of amides is 1. The van der Waals surface area contributed by atoms with Crippen molar-refractivity contribution in [1.29, 1.82) is 0 Å². The smallest absolute Gasteiger partial charge is 0.224 e. The zero-order valence-electron chi connectivity index (χ0n) is 11.6. The number of thioether (sulfide) groups is 1. The summed E-state index contributed by atoms with van der Waals surface area (Å²) in [6, 6.07) is 0.293. The van der Waals surface area contributed by atoms with E-state index in [9.17, 15) is 4.79 Å². The summed E-state index contributed by atoms with van der Waals surface area (Å²) in [7, 11) is 0. The SMILES string of the molecule is CCSC1CCCC(NC(=O)C(C)C(C)N)C1.Cl. The van der Waals surface area contributed by atoms with Gasteiger partial charge in [-0.15, -0.1) is 12.4 Å². The molecule has 0 bridgehead atoms. The molecule has 1 fully saturated rings. The molecule has 4 atom stereocenters. The minimum absolute atomic E-state index is 0. The Balaban J connectivity index is 0.00000289. The van der Waals surface area contributed by atoms with Crippen LogP contribution in [0.4, 0.5) is 0 Å². The van der Waals surface area contributed by atoms with Gasteiger partial charge in [0.15, 0.2) is 0 Å². The summed E-state index contributed by atoms with van der Waals surface area (Å²) in [5, 5.41) is 3.88. The second-order valence-corrected chi connectivity index (χ2v) is 6.67. The number of nitrogens with two attached hydrogens (primary N) is 1. The van der Waals surface area contributed by atoms with E-state index in [4.69, 9.17) is 5.73 Å². The number of nitrogens with one attached hydrogen (secondary N) is 1. The van der Waals surface area contributed by atoms with Crippen molar-refractivity contribution in [2.45, 2.75) is 63.8 Å². The minimum atomic E-state index is -0.0887. The summed E-state index contributed by atoms with van der Waals surface area (Å²) >= 11 is 2.02. The van der Waals surface area contributed by atoms with Crippen molar-refractivity contribution in [1.82, 2.24) is 5.32 Å². The fourth-order valence-electron chi connectivity index (χ4n) is 2.23. The number of carbonyl (C=O) groups excluding carboxylic acids is 1. The second-order valence-electron chi connectivity index (χ2n) is 5.10. The number of halogens is 1. The Bertz CT molecular complexity index is 249. The van der Waals surface area contributed by atoms with E-state index in [0.717, 1.165) is 18.1 Å². The lowest BCUT2D eigenvalue weighted by Gasteiger charge is -2.30. The molecule has 0 radical (unpaired) electrons. The molecule has 1 saturated carbocycles. The first-order valence-corrected chi connectivity index (χ1v) is 7.77. The van der Waals surface area contributed by atoms with E-state index < -0.39 is 0 Å². The maximum atomic E-state index is 11.9. The quantitative estimate of drug-likeness (QED) is 0.819. The van der Waals surface area contributed by atoms with Crippen LogP contribution < -0.4 is 11.1 Å². The van der Waals surface area contributed by atoms with Gasteiger partial charge >= 0.3 is 0 Å². The Morgan fingerprint density at radius 2 is 2.11 bits per heavy atom. The first kappa shape index (κ1) is 18.1. The average molecular weight is 295 g/mol. The molecule has 1 amide bonds. The first-order valence-electron chi connectivity index (χ1n) is 6.72. The monoisotopic (exact) mass is 294 g/mol. The summed E-state index contributed by atoms with van der Waals surface area (Å²) in [6.07, 6.45) is 4.77. The number of rotatable bonds is 5. The highest BCUT2D eigenvalue weighted by Crippen LogP contribution is 2.28. The molecule has 0 saturated heterocycles. The fraction of sp³-hybridized carbons (Fsp3) is 0.923. The van der Waals surface area contributed by atoms with E-state index in [2.05, 4.69) is 12.2 Å². The topological polar surface area (TPSA) is 55.1 Å². The van der Waals surface area contributed by atoms with E-state index in [1.165, 1.54) is 18.6 Å². The molecule has 0 heterocycles. The largest absolute Gasteiger partial charge is 0.353 e. The minimum Gasteiger partial charge on any atom is -0.353 e. The summed E-state index contributed by atoms with van der Waals surface area (Å²) in [6.45, 7) is 5.99. The maximum Gasteiger partial charge on any atom is 0.224 e. The number of hydrogen-bond acceptors (Lipinski definition) is 3. The molecule has 108 valence electrons. The van der Waals surface area contributed by atoms with Crippen LogP contribution in [0.3, 0.4) is 0 Å². The third-order valence-electron chi connectivity index (χ3n) is 3.58. The maximum absolute atomic E-state index is 11.9. The second kappa shape index (κ2) is 9.05. The number of carbonyl (C=O) groups is 1. The lowest BCUT2D eigenvalue weighted by Crippen LogP contribution is -2.45. The van der Waals surface area contributed by atoms with Gasteiger partial charge in [0.25, 0.3) is 0 Å². The van der Waals surface area contributed by atoms with Gasteiger partial charge in [0, 0.05) is 23.3 Å². The van der Waals surface area contributed by atoms with Crippen molar-refractivity contribution in [3.8, 4) is 0 Å². The van der Waals surface area contributed by atoms with Crippen molar-refractivity contribution in [3.63, 3.8) is 0 Å². The molecule has 1 aliphatic rings. The predicted octanol–water partition coefficient (Wildman–Crippen LogP) is 2.57. The molecular formula is C13H27ClN2OS. The molecular weight excluding hydrogens is 268 g/mol. The molecule has 0 aromatic heterocycles. The molecule has 0 aromatic carbocycles. The number of hydrogen-bond donors (Lipinski definition) is 2. The van der Waals surface area contributed by atoms with Crippen LogP contribution in [-0.2, 0) is 4.79 Å². The summed E-state index contributed by atoms with van der Waals surface area (Å²) < 4.78 is 0. The van der Waals surface area contributed by atoms with Crippen molar-refractivity contribution < 1.29 is 4.79 Å². The van der Waals surface area contributed by atoms with E-state index in [-0.39, 0.29) is 30.3 Å². The Kier molecular flexibility index (Phi) is 9.09.